The second-order valence-corrected chi connectivity index (χ2v) is 5.88. The highest BCUT2D eigenvalue weighted by Gasteiger charge is 2.22. The van der Waals surface area contributed by atoms with Crippen molar-refractivity contribution in [2.45, 2.75) is 26.3 Å². The minimum Gasteiger partial charge on any atom is -0.396 e. The van der Waals surface area contributed by atoms with E-state index in [4.69, 9.17) is 8.85 Å². The van der Waals surface area contributed by atoms with E-state index in [2.05, 4.69) is 31.2 Å². The van der Waals surface area contributed by atoms with E-state index < -0.39 is 9.28 Å². The fourth-order valence-corrected chi connectivity index (χ4v) is 3.45. The van der Waals surface area contributed by atoms with E-state index in [0.29, 0.717) is 5.54 Å². The van der Waals surface area contributed by atoms with Crippen LogP contribution in [0.2, 0.25) is 0 Å². The van der Waals surface area contributed by atoms with E-state index in [9.17, 15) is 0 Å². The molecule has 0 N–H and O–H groups in total. The van der Waals surface area contributed by atoms with Crippen LogP contribution in [0.3, 0.4) is 0 Å². The van der Waals surface area contributed by atoms with E-state index >= 15 is 0 Å². The molecule has 1 atom stereocenters. The zero-order valence-electron chi connectivity index (χ0n) is 9.77. The third-order valence-corrected chi connectivity index (χ3v) is 4.92. The van der Waals surface area contributed by atoms with Gasteiger partial charge >= 0.3 is 9.28 Å². The molecule has 2 nitrogen and oxygen atoms in total. The lowest BCUT2D eigenvalue weighted by Crippen LogP contribution is -2.29. The summed E-state index contributed by atoms with van der Waals surface area (Å²) in [4.78, 5) is 0. The van der Waals surface area contributed by atoms with Crippen molar-refractivity contribution < 1.29 is 8.85 Å². The van der Waals surface area contributed by atoms with Crippen LogP contribution in [-0.4, -0.2) is 22.5 Å². The van der Waals surface area contributed by atoms with Crippen LogP contribution >= 0.6 is 0 Å². The molecule has 84 valence electrons. The number of benzene rings is 1. The zero-order valence-corrected chi connectivity index (χ0v) is 10.9. The van der Waals surface area contributed by atoms with Gasteiger partial charge in [0.05, 0.1) is 0 Å². The first-order valence-corrected chi connectivity index (χ1v) is 7.18. The van der Waals surface area contributed by atoms with Crippen LogP contribution in [0.4, 0.5) is 0 Å². The smallest absolute Gasteiger partial charge is 0.328 e. The molecule has 0 heterocycles. The van der Waals surface area contributed by atoms with E-state index in [-0.39, 0.29) is 0 Å². The van der Waals surface area contributed by atoms with Crippen LogP contribution in [0.5, 0.6) is 0 Å². The van der Waals surface area contributed by atoms with Gasteiger partial charge < -0.3 is 8.85 Å². The summed E-state index contributed by atoms with van der Waals surface area (Å²) in [5.74, 6) is 0. The Hall–Kier alpha value is -0.643. The molecule has 0 aliphatic rings. The van der Waals surface area contributed by atoms with Crippen molar-refractivity contribution in [3.05, 3.63) is 35.9 Å². The maximum atomic E-state index is 5.72. The Morgan fingerprint density at radius 3 is 2.07 bits per heavy atom. The maximum absolute atomic E-state index is 5.72. The molecule has 0 fully saturated rings. The third-order valence-electron chi connectivity index (χ3n) is 2.40. The molecule has 0 radical (unpaired) electrons. The van der Waals surface area contributed by atoms with Crippen LogP contribution < -0.4 is 0 Å². The summed E-state index contributed by atoms with van der Waals surface area (Å²) in [6.45, 7) is 7.73. The third kappa shape index (κ3) is 3.78. The average Bonchev–Trinajstić information content (AvgIpc) is 2.29. The summed E-state index contributed by atoms with van der Waals surface area (Å²) >= 11 is 0. The second kappa shape index (κ2) is 6.77. The van der Waals surface area contributed by atoms with Crippen LogP contribution in [-0.2, 0) is 8.85 Å². The van der Waals surface area contributed by atoms with Gasteiger partial charge in [0.1, 0.15) is 0 Å². The largest absolute Gasteiger partial charge is 0.396 e. The summed E-state index contributed by atoms with van der Waals surface area (Å²) in [6, 6.07) is 10.4. The Morgan fingerprint density at radius 1 is 1.07 bits per heavy atom. The molecule has 0 saturated carbocycles. The number of hydrogen-bond acceptors (Lipinski definition) is 2. The van der Waals surface area contributed by atoms with Crippen molar-refractivity contribution in [1.82, 2.24) is 0 Å². The normalized spacial score (nSPS) is 13.1. The van der Waals surface area contributed by atoms with Gasteiger partial charge in [-0.3, -0.25) is 0 Å². The van der Waals surface area contributed by atoms with Gasteiger partial charge in [-0.1, -0.05) is 37.3 Å². The first kappa shape index (κ1) is 12.4. The average molecular weight is 224 g/mol. The summed E-state index contributed by atoms with van der Waals surface area (Å²) in [6.07, 6.45) is 0. The highest BCUT2D eigenvalue weighted by atomic mass is 28.3. The molecule has 1 aromatic carbocycles. The molecule has 1 rings (SSSR count). The van der Waals surface area contributed by atoms with Gasteiger partial charge in [0.25, 0.3) is 0 Å². The standard InChI is InChI=1S/C12H20O2Si/c1-4-13-15(14-5-2)11(3)12-9-7-6-8-10-12/h6-11,15H,4-5H2,1-3H3. The Morgan fingerprint density at radius 2 is 1.60 bits per heavy atom. The fraction of sp³-hybridized carbons (Fsp3) is 0.500. The molecular weight excluding hydrogens is 204 g/mol. The number of rotatable bonds is 6. The Kier molecular flexibility index (Phi) is 5.61. The van der Waals surface area contributed by atoms with Crippen molar-refractivity contribution in [3.8, 4) is 0 Å². The van der Waals surface area contributed by atoms with Gasteiger partial charge in [0, 0.05) is 18.8 Å². The van der Waals surface area contributed by atoms with Crippen molar-refractivity contribution in [2.75, 3.05) is 13.2 Å². The molecule has 1 aromatic rings. The number of hydrogen-bond donors (Lipinski definition) is 0. The van der Waals surface area contributed by atoms with Crippen molar-refractivity contribution in [3.63, 3.8) is 0 Å². The minimum absolute atomic E-state index is 0.408. The lowest BCUT2D eigenvalue weighted by atomic mass is 10.2. The van der Waals surface area contributed by atoms with Gasteiger partial charge in [-0.25, -0.2) is 0 Å². The molecule has 1 unspecified atom stereocenters. The van der Waals surface area contributed by atoms with Crippen LogP contribution in [0, 0.1) is 0 Å². The summed E-state index contributed by atoms with van der Waals surface area (Å²) in [5.41, 5.74) is 1.72. The first-order valence-electron chi connectivity index (χ1n) is 5.57. The van der Waals surface area contributed by atoms with Crippen LogP contribution in [0.15, 0.2) is 30.3 Å². The predicted octanol–water partition coefficient (Wildman–Crippen LogP) is 2.62. The Balaban J connectivity index is 2.67. The van der Waals surface area contributed by atoms with Crippen molar-refractivity contribution in [1.29, 1.82) is 0 Å². The highest BCUT2D eigenvalue weighted by Crippen LogP contribution is 2.19. The summed E-state index contributed by atoms with van der Waals surface area (Å²) in [7, 11) is -1.55. The van der Waals surface area contributed by atoms with Crippen LogP contribution in [0.1, 0.15) is 31.9 Å². The first-order chi connectivity index (χ1) is 7.29. The van der Waals surface area contributed by atoms with Gasteiger partial charge in [-0.2, -0.15) is 0 Å². The van der Waals surface area contributed by atoms with Crippen molar-refractivity contribution in [2.24, 2.45) is 0 Å². The topological polar surface area (TPSA) is 18.5 Å². The van der Waals surface area contributed by atoms with E-state index in [1.807, 2.05) is 19.9 Å². The lowest BCUT2D eigenvalue weighted by molar-refractivity contribution is 0.206. The molecule has 0 aliphatic carbocycles. The van der Waals surface area contributed by atoms with Gasteiger partial charge in [-0.15, -0.1) is 0 Å². The van der Waals surface area contributed by atoms with Crippen LogP contribution in [0.25, 0.3) is 0 Å². The fourth-order valence-electron chi connectivity index (χ4n) is 1.58. The molecule has 0 aromatic heterocycles. The van der Waals surface area contributed by atoms with E-state index in [1.54, 1.807) is 0 Å². The molecule has 3 heteroatoms. The quantitative estimate of drug-likeness (QED) is 0.692. The maximum Gasteiger partial charge on any atom is 0.328 e. The van der Waals surface area contributed by atoms with Crippen molar-refractivity contribution >= 4 is 9.28 Å². The summed E-state index contributed by atoms with van der Waals surface area (Å²) in [5, 5.41) is 0. The second-order valence-electron chi connectivity index (χ2n) is 3.48. The Labute approximate surface area is 94.1 Å². The monoisotopic (exact) mass is 224 g/mol. The molecule has 0 spiro atoms. The SMILES string of the molecule is CCO[SiH](OCC)C(C)c1ccccc1. The van der Waals surface area contributed by atoms with Gasteiger partial charge in [-0.05, 0) is 19.4 Å². The Bertz CT molecular complexity index is 258. The zero-order chi connectivity index (χ0) is 11.1. The lowest BCUT2D eigenvalue weighted by Gasteiger charge is -2.21. The predicted molar refractivity (Wildman–Crippen MR) is 65.3 cm³/mol. The highest BCUT2D eigenvalue weighted by molar-refractivity contribution is 6.46. The molecule has 0 aliphatic heterocycles. The van der Waals surface area contributed by atoms with E-state index in [1.165, 1.54) is 5.56 Å². The molecular formula is C12H20O2Si. The van der Waals surface area contributed by atoms with Gasteiger partial charge in [0.15, 0.2) is 0 Å². The van der Waals surface area contributed by atoms with Gasteiger partial charge in [0.2, 0.25) is 0 Å². The molecule has 0 amide bonds. The minimum atomic E-state index is -1.55. The summed E-state index contributed by atoms with van der Waals surface area (Å²) < 4.78 is 11.4. The molecule has 15 heavy (non-hydrogen) atoms. The van der Waals surface area contributed by atoms with E-state index in [0.717, 1.165) is 13.2 Å². The molecule has 0 bridgehead atoms. The molecule has 0 saturated heterocycles.